The summed E-state index contributed by atoms with van der Waals surface area (Å²) >= 11 is 0. The summed E-state index contributed by atoms with van der Waals surface area (Å²) in [6.07, 6.45) is -4.83. The first-order valence-electron chi connectivity index (χ1n) is 7.92. The van der Waals surface area contributed by atoms with Crippen LogP contribution in [0.2, 0.25) is 0 Å². The molecule has 0 aliphatic carbocycles. The average molecular weight is 416 g/mol. The van der Waals surface area contributed by atoms with E-state index in [-0.39, 0.29) is 23.1 Å². The number of benzene rings is 2. The first-order chi connectivity index (χ1) is 13.0. The van der Waals surface area contributed by atoms with E-state index in [9.17, 15) is 21.6 Å². The zero-order valence-corrected chi connectivity index (χ0v) is 15.9. The van der Waals surface area contributed by atoms with E-state index in [2.05, 4.69) is 15.0 Å². The Hall–Kier alpha value is -2.79. The number of halogens is 3. The molecule has 0 amide bonds. The number of para-hydroxylation sites is 2. The second kappa shape index (κ2) is 8.48. The third-order valence-electron chi connectivity index (χ3n) is 3.51. The molecule has 2 aromatic carbocycles. The molecule has 11 heteroatoms. The van der Waals surface area contributed by atoms with E-state index in [4.69, 9.17) is 5.73 Å². The second-order valence-electron chi connectivity index (χ2n) is 5.80. The van der Waals surface area contributed by atoms with Crippen LogP contribution in [0.4, 0.5) is 18.9 Å². The van der Waals surface area contributed by atoms with Gasteiger partial charge in [0.2, 0.25) is 10.0 Å². The summed E-state index contributed by atoms with van der Waals surface area (Å²) in [5.41, 5.74) is 6.40. The van der Waals surface area contributed by atoms with Crippen molar-refractivity contribution in [3.05, 3.63) is 54.1 Å². The second-order valence-corrected chi connectivity index (χ2v) is 7.95. The highest BCUT2D eigenvalue weighted by Gasteiger charge is 2.32. The van der Waals surface area contributed by atoms with Gasteiger partial charge in [-0.2, -0.15) is 0 Å². The standard InChI is InChI=1S/C17H19F3N4O3S/c1-24(2)28(25,26)13-9-7-12(8-10-13)11-22-16(21)23-14-5-3-4-6-15(14)27-17(18,19)20/h3-10H,11H2,1-2H3,(H3,21,22,23). The maximum absolute atomic E-state index is 12.4. The van der Waals surface area contributed by atoms with Crippen LogP contribution in [0, 0.1) is 0 Å². The maximum atomic E-state index is 12.4. The Kier molecular flexibility index (Phi) is 6.52. The molecule has 0 saturated heterocycles. The van der Waals surface area contributed by atoms with Gasteiger partial charge in [-0.15, -0.1) is 13.2 Å². The van der Waals surface area contributed by atoms with Gasteiger partial charge in [0.25, 0.3) is 0 Å². The lowest BCUT2D eigenvalue weighted by Crippen LogP contribution is -2.24. The topological polar surface area (TPSA) is 97.0 Å². The molecule has 3 N–H and O–H groups in total. The number of aliphatic imine (C=N–C) groups is 1. The van der Waals surface area contributed by atoms with E-state index in [1.54, 1.807) is 12.1 Å². The van der Waals surface area contributed by atoms with Gasteiger partial charge in [0, 0.05) is 14.1 Å². The molecule has 0 atom stereocenters. The highest BCUT2D eigenvalue weighted by molar-refractivity contribution is 7.89. The molecule has 28 heavy (non-hydrogen) atoms. The van der Waals surface area contributed by atoms with Crippen molar-refractivity contribution in [2.24, 2.45) is 10.7 Å². The molecule has 0 aliphatic heterocycles. The quantitative estimate of drug-likeness (QED) is 0.558. The van der Waals surface area contributed by atoms with Crippen molar-refractivity contribution in [3.63, 3.8) is 0 Å². The molecule has 2 aromatic rings. The molecule has 0 fully saturated rings. The van der Waals surface area contributed by atoms with E-state index in [0.29, 0.717) is 5.56 Å². The normalized spacial score (nSPS) is 12.9. The Balaban J connectivity index is 2.08. The molecular weight excluding hydrogens is 397 g/mol. The van der Waals surface area contributed by atoms with Crippen molar-refractivity contribution in [1.82, 2.24) is 4.31 Å². The Morgan fingerprint density at radius 1 is 1.14 bits per heavy atom. The van der Waals surface area contributed by atoms with Gasteiger partial charge in [0.05, 0.1) is 17.1 Å². The van der Waals surface area contributed by atoms with Crippen LogP contribution in [0.3, 0.4) is 0 Å². The van der Waals surface area contributed by atoms with E-state index < -0.39 is 22.1 Å². The highest BCUT2D eigenvalue weighted by Crippen LogP contribution is 2.29. The smallest absolute Gasteiger partial charge is 0.404 e. The number of anilines is 1. The van der Waals surface area contributed by atoms with Crippen LogP contribution < -0.4 is 15.8 Å². The van der Waals surface area contributed by atoms with Crippen molar-refractivity contribution in [2.45, 2.75) is 17.8 Å². The van der Waals surface area contributed by atoms with Crippen molar-refractivity contribution in [2.75, 3.05) is 19.4 Å². The Morgan fingerprint density at radius 2 is 1.75 bits per heavy atom. The van der Waals surface area contributed by atoms with Crippen LogP contribution in [0.15, 0.2) is 58.4 Å². The third-order valence-corrected chi connectivity index (χ3v) is 5.34. The Morgan fingerprint density at radius 3 is 2.32 bits per heavy atom. The van der Waals surface area contributed by atoms with Gasteiger partial charge in [0.15, 0.2) is 11.7 Å². The molecule has 0 aliphatic rings. The average Bonchev–Trinajstić information content (AvgIpc) is 2.60. The summed E-state index contributed by atoms with van der Waals surface area (Å²) in [6, 6.07) is 11.5. The number of nitrogens with two attached hydrogens (primary N) is 1. The minimum absolute atomic E-state index is 0.00787. The fourth-order valence-corrected chi connectivity index (χ4v) is 3.02. The molecule has 0 unspecified atom stereocenters. The first-order valence-corrected chi connectivity index (χ1v) is 9.36. The largest absolute Gasteiger partial charge is 0.573 e. The molecule has 0 spiro atoms. The van der Waals surface area contributed by atoms with E-state index in [1.807, 2.05) is 0 Å². The van der Waals surface area contributed by atoms with Gasteiger partial charge in [-0.3, -0.25) is 0 Å². The number of nitrogens with one attached hydrogen (secondary N) is 1. The van der Waals surface area contributed by atoms with Gasteiger partial charge >= 0.3 is 6.36 Å². The van der Waals surface area contributed by atoms with Crippen molar-refractivity contribution >= 4 is 21.7 Å². The molecule has 152 valence electrons. The molecule has 0 saturated carbocycles. The maximum Gasteiger partial charge on any atom is 0.573 e. The Labute approximate surface area is 160 Å². The number of alkyl halides is 3. The summed E-state index contributed by atoms with van der Waals surface area (Å²) in [5, 5.41) is 2.55. The summed E-state index contributed by atoms with van der Waals surface area (Å²) < 4.78 is 66.4. The van der Waals surface area contributed by atoms with Crippen LogP contribution in [0.5, 0.6) is 5.75 Å². The van der Waals surface area contributed by atoms with Crippen molar-refractivity contribution in [3.8, 4) is 5.75 Å². The lowest BCUT2D eigenvalue weighted by atomic mass is 10.2. The highest BCUT2D eigenvalue weighted by atomic mass is 32.2. The number of nitrogens with zero attached hydrogens (tertiary/aromatic N) is 2. The number of sulfonamides is 1. The zero-order valence-electron chi connectivity index (χ0n) is 15.1. The van der Waals surface area contributed by atoms with E-state index in [1.165, 1.54) is 44.4 Å². The molecule has 2 rings (SSSR count). The minimum Gasteiger partial charge on any atom is -0.404 e. The monoisotopic (exact) mass is 416 g/mol. The summed E-state index contributed by atoms with van der Waals surface area (Å²) in [5.74, 6) is -0.561. The third kappa shape index (κ3) is 5.86. The van der Waals surface area contributed by atoms with Crippen molar-refractivity contribution < 1.29 is 26.3 Å². The number of guanidine groups is 1. The molecule has 0 bridgehead atoms. The SMILES string of the molecule is CN(C)S(=O)(=O)c1ccc(CN=C(N)Nc2ccccc2OC(F)(F)F)cc1. The van der Waals surface area contributed by atoms with Crippen LogP contribution in [0.25, 0.3) is 0 Å². The summed E-state index contributed by atoms with van der Waals surface area (Å²) in [4.78, 5) is 4.17. The van der Waals surface area contributed by atoms with Crippen LogP contribution in [-0.2, 0) is 16.6 Å². The van der Waals surface area contributed by atoms with Gasteiger partial charge in [0.1, 0.15) is 0 Å². The first kappa shape index (κ1) is 21.5. The fourth-order valence-electron chi connectivity index (χ4n) is 2.12. The number of rotatable bonds is 6. The lowest BCUT2D eigenvalue weighted by Gasteiger charge is -2.14. The van der Waals surface area contributed by atoms with E-state index in [0.717, 1.165) is 10.4 Å². The van der Waals surface area contributed by atoms with Crippen molar-refractivity contribution in [1.29, 1.82) is 0 Å². The molecule has 0 aromatic heterocycles. The summed E-state index contributed by atoms with van der Waals surface area (Å²) in [7, 11) is -0.669. The predicted molar refractivity (Wildman–Crippen MR) is 99.4 cm³/mol. The van der Waals surface area contributed by atoms with Gasteiger partial charge in [-0.25, -0.2) is 17.7 Å². The van der Waals surface area contributed by atoms with E-state index >= 15 is 0 Å². The predicted octanol–water partition coefficient (Wildman–Crippen LogP) is 2.76. The minimum atomic E-state index is -4.83. The zero-order chi connectivity index (χ0) is 20.9. The molecular formula is C17H19F3N4O3S. The fraction of sp³-hybridized carbons (Fsp3) is 0.235. The molecule has 7 nitrogen and oxygen atoms in total. The van der Waals surface area contributed by atoms with Crippen LogP contribution in [0.1, 0.15) is 5.56 Å². The molecule has 0 heterocycles. The number of hydrogen-bond donors (Lipinski definition) is 2. The van der Waals surface area contributed by atoms with Gasteiger partial charge in [-0.1, -0.05) is 24.3 Å². The van der Waals surface area contributed by atoms with Gasteiger partial charge in [-0.05, 0) is 29.8 Å². The van der Waals surface area contributed by atoms with Crippen LogP contribution >= 0.6 is 0 Å². The number of ether oxygens (including phenoxy) is 1. The summed E-state index contributed by atoms with van der Waals surface area (Å²) in [6.45, 7) is 0.101. The molecule has 0 radical (unpaired) electrons. The van der Waals surface area contributed by atoms with Crippen LogP contribution in [-0.4, -0.2) is 39.1 Å². The lowest BCUT2D eigenvalue weighted by molar-refractivity contribution is -0.274. The Bertz CT molecular complexity index is 943. The van der Waals surface area contributed by atoms with Gasteiger partial charge < -0.3 is 15.8 Å². The number of hydrogen-bond acceptors (Lipinski definition) is 4.